The summed E-state index contributed by atoms with van der Waals surface area (Å²) in [4.78, 5) is 26.5. The summed E-state index contributed by atoms with van der Waals surface area (Å²) in [6.07, 6.45) is 1.65. The van der Waals surface area contributed by atoms with Crippen molar-refractivity contribution in [3.63, 3.8) is 0 Å². The zero-order valence-corrected chi connectivity index (χ0v) is 15.6. The molecular formula is C19H16N2O3S2. The predicted octanol–water partition coefficient (Wildman–Crippen LogP) is 3.54. The molecule has 132 valence electrons. The molecule has 2 aromatic rings. The van der Waals surface area contributed by atoms with Crippen LogP contribution in [0.25, 0.3) is 6.08 Å². The van der Waals surface area contributed by atoms with Crippen LogP contribution >= 0.6 is 24.0 Å². The fourth-order valence-corrected chi connectivity index (χ4v) is 3.64. The van der Waals surface area contributed by atoms with E-state index in [1.807, 2.05) is 19.1 Å². The quantitative estimate of drug-likeness (QED) is 0.623. The predicted molar refractivity (Wildman–Crippen MR) is 108 cm³/mol. The van der Waals surface area contributed by atoms with Crippen LogP contribution in [0.5, 0.6) is 5.75 Å². The minimum atomic E-state index is -0.317. The number of thioether (sulfide) groups is 1. The van der Waals surface area contributed by atoms with Gasteiger partial charge in [0, 0.05) is 5.69 Å². The van der Waals surface area contributed by atoms with Gasteiger partial charge in [-0.25, -0.2) is 0 Å². The first kappa shape index (κ1) is 18.2. The molecule has 0 aromatic heterocycles. The Morgan fingerprint density at radius 1 is 1.27 bits per heavy atom. The van der Waals surface area contributed by atoms with Crippen molar-refractivity contribution < 1.29 is 14.7 Å². The van der Waals surface area contributed by atoms with E-state index in [0.717, 1.165) is 17.3 Å². The molecule has 1 fully saturated rings. The van der Waals surface area contributed by atoms with Gasteiger partial charge in [-0.15, -0.1) is 0 Å². The maximum Gasteiger partial charge on any atom is 0.266 e. The van der Waals surface area contributed by atoms with Crippen LogP contribution < -0.4 is 5.32 Å². The van der Waals surface area contributed by atoms with Crippen LogP contribution in [0.4, 0.5) is 5.69 Å². The number of nitrogens with one attached hydrogen (secondary N) is 1. The summed E-state index contributed by atoms with van der Waals surface area (Å²) in [5, 5.41) is 12.3. The van der Waals surface area contributed by atoms with Gasteiger partial charge in [0.2, 0.25) is 5.91 Å². The summed E-state index contributed by atoms with van der Waals surface area (Å²) in [7, 11) is 0. The molecule has 1 heterocycles. The molecule has 0 aliphatic carbocycles. The molecule has 3 rings (SSSR count). The average Bonchev–Trinajstić information content (AvgIpc) is 2.84. The SMILES string of the molecule is Cc1ccc(NC(=O)CN2C(=O)/C(=C/c3cccc(O)c3)SC2=S)cc1. The van der Waals surface area contributed by atoms with Crippen LogP contribution in [0, 0.1) is 6.92 Å². The lowest BCUT2D eigenvalue weighted by molar-refractivity contribution is -0.126. The molecule has 0 bridgehead atoms. The molecule has 1 aliphatic rings. The molecule has 0 radical (unpaired) electrons. The van der Waals surface area contributed by atoms with Crippen molar-refractivity contribution in [2.75, 3.05) is 11.9 Å². The Balaban J connectivity index is 1.69. The summed E-state index contributed by atoms with van der Waals surface area (Å²) < 4.78 is 0.334. The monoisotopic (exact) mass is 384 g/mol. The largest absolute Gasteiger partial charge is 0.508 e. The highest BCUT2D eigenvalue weighted by Crippen LogP contribution is 2.32. The molecule has 0 spiro atoms. The Kier molecular flexibility index (Phi) is 5.39. The molecule has 5 nitrogen and oxygen atoms in total. The molecule has 0 atom stereocenters. The topological polar surface area (TPSA) is 69.6 Å². The normalized spacial score (nSPS) is 15.6. The smallest absolute Gasteiger partial charge is 0.266 e. The highest BCUT2D eigenvalue weighted by Gasteiger charge is 2.33. The number of benzene rings is 2. The van der Waals surface area contributed by atoms with Gasteiger partial charge < -0.3 is 10.4 Å². The summed E-state index contributed by atoms with van der Waals surface area (Å²) in [6, 6.07) is 14.0. The number of carbonyl (C=O) groups excluding carboxylic acids is 2. The van der Waals surface area contributed by atoms with E-state index in [1.54, 1.807) is 42.5 Å². The number of thiocarbonyl (C=S) groups is 1. The summed E-state index contributed by atoms with van der Waals surface area (Å²) >= 11 is 6.37. The standard InChI is InChI=1S/C19H16N2O3S2/c1-12-5-7-14(8-6-12)20-17(23)11-21-18(24)16(26-19(21)25)10-13-3-2-4-15(22)9-13/h2-10,22H,11H2,1H3,(H,20,23)/b16-10-. The third-order valence-electron chi connectivity index (χ3n) is 3.68. The molecule has 1 aliphatic heterocycles. The minimum Gasteiger partial charge on any atom is -0.508 e. The van der Waals surface area contributed by atoms with Gasteiger partial charge in [-0.1, -0.05) is 53.8 Å². The van der Waals surface area contributed by atoms with Gasteiger partial charge in [0.05, 0.1) is 4.91 Å². The van der Waals surface area contributed by atoms with Crippen molar-refractivity contribution in [1.29, 1.82) is 0 Å². The Bertz CT molecular complexity index is 907. The van der Waals surface area contributed by atoms with E-state index in [9.17, 15) is 14.7 Å². The molecule has 0 saturated carbocycles. The molecule has 2 aromatic carbocycles. The Morgan fingerprint density at radius 3 is 2.69 bits per heavy atom. The maximum absolute atomic E-state index is 12.5. The molecular weight excluding hydrogens is 368 g/mol. The second kappa shape index (κ2) is 7.72. The fourth-order valence-electron chi connectivity index (χ4n) is 2.38. The molecule has 0 unspecified atom stereocenters. The summed E-state index contributed by atoms with van der Waals surface area (Å²) in [5.41, 5.74) is 2.45. The van der Waals surface area contributed by atoms with Gasteiger partial charge in [-0.3, -0.25) is 14.5 Å². The van der Waals surface area contributed by atoms with Crippen LogP contribution in [0.2, 0.25) is 0 Å². The lowest BCUT2D eigenvalue weighted by Crippen LogP contribution is -2.36. The Labute approximate surface area is 160 Å². The van der Waals surface area contributed by atoms with Crippen molar-refractivity contribution in [3.8, 4) is 5.75 Å². The van der Waals surface area contributed by atoms with Crippen LogP contribution in [0.3, 0.4) is 0 Å². The van der Waals surface area contributed by atoms with Crippen LogP contribution in [-0.4, -0.2) is 32.7 Å². The number of aromatic hydroxyl groups is 1. The zero-order valence-electron chi connectivity index (χ0n) is 13.9. The molecule has 26 heavy (non-hydrogen) atoms. The number of nitrogens with zero attached hydrogens (tertiary/aromatic N) is 1. The zero-order chi connectivity index (χ0) is 18.7. The van der Waals surface area contributed by atoms with Gasteiger partial charge in [0.1, 0.15) is 16.6 Å². The lowest BCUT2D eigenvalue weighted by atomic mass is 10.2. The van der Waals surface area contributed by atoms with Crippen molar-refractivity contribution in [1.82, 2.24) is 4.90 Å². The number of aryl methyl sites for hydroxylation is 1. The Hall–Kier alpha value is -2.64. The lowest BCUT2D eigenvalue weighted by Gasteiger charge is -2.14. The van der Waals surface area contributed by atoms with Crippen molar-refractivity contribution >= 4 is 51.9 Å². The summed E-state index contributed by atoms with van der Waals surface area (Å²) in [5.74, 6) is -0.516. The van der Waals surface area contributed by atoms with E-state index in [2.05, 4.69) is 5.32 Å². The van der Waals surface area contributed by atoms with E-state index < -0.39 is 0 Å². The van der Waals surface area contributed by atoms with E-state index in [1.165, 1.54) is 4.90 Å². The van der Waals surface area contributed by atoms with Crippen molar-refractivity contribution in [2.24, 2.45) is 0 Å². The van der Waals surface area contributed by atoms with E-state index in [4.69, 9.17) is 12.2 Å². The molecule has 2 amide bonds. The number of rotatable bonds is 4. The third kappa shape index (κ3) is 4.30. The van der Waals surface area contributed by atoms with Gasteiger partial charge in [0.15, 0.2) is 0 Å². The second-order valence-electron chi connectivity index (χ2n) is 5.78. The number of hydrogen-bond acceptors (Lipinski definition) is 5. The van der Waals surface area contributed by atoms with Crippen LogP contribution in [0.1, 0.15) is 11.1 Å². The first-order chi connectivity index (χ1) is 12.4. The van der Waals surface area contributed by atoms with Crippen LogP contribution in [0.15, 0.2) is 53.4 Å². The van der Waals surface area contributed by atoms with Gasteiger partial charge in [-0.2, -0.15) is 0 Å². The number of phenols is 1. The molecule has 2 N–H and O–H groups in total. The van der Waals surface area contributed by atoms with E-state index in [-0.39, 0.29) is 24.1 Å². The van der Waals surface area contributed by atoms with E-state index >= 15 is 0 Å². The number of phenolic OH excluding ortho intramolecular Hbond substituents is 1. The highest BCUT2D eigenvalue weighted by molar-refractivity contribution is 8.26. The number of anilines is 1. The number of hydrogen-bond donors (Lipinski definition) is 2. The fraction of sp³-hybridized carbons (Fsp3) is 0.105. The highest BCUT2D eigenvalue weighted by atomic mass is 32.2. The van der Waals surface area contributed by atoms with Crippen molar-refractivity contribution in [2.45, 2.75) is 6.92 Å². The first-order valence-corrected chi connectivity index (χ1v) is 9.06. The summed E-state index contributed by atoms with van der Waals surface area (Å²) in [6.45, 7) is 1.82. The number of amides is 2. The van der Waals surface area contributed by atoms with Gasteiger partial charge in [0.25, 0.3) is 5.91 Å². The minimum absolute atomic E-state index is 0.117. The molecule has 1 saturated heterocycles. The van der Waals surface area contributed by atoms with Gasteiger partial charge in [-0.05, 0) is 42.8 Å². The average molecular weight is 384 g/mol. The third-order valence-corrected chi connectivity index (χ3v) is 5.06. The van der Waals surface area contributed by atoms with E-state index in [0.29, 0.717) is 20.5 Å². The number of carbonyl (C=O) groups is 2. The van der Waals surface area contributed by atoms with Crippen LogP contribution in [-0.2, 0) is 9.59 Å². The maximum atomic E-state index is 12.5. The second-order valence-corrected chi connectivity index (χ2v) is 7.45. The Morgan fingerprint density at radius 2 is 2.00 bits per heavy atom. The van der Waals surface area contributed by atoms with Gasteiger partial charge >= 0.3 is 0 Å². The first-order valence-electron chi connectivity index (χ1n) is 7.83. The van der Waals surface area contributed by atoms with Crippen molar-refractivity contribution in [3.05, 3.63) is 64.6 Å². The molecule has 7 heteroatoms.